The number of nitrogens with zero attached hydrogens (tertiary/aromatic N) is 1. The molecule has 0 radical (unpaired) electrons. The van der Waals surface area contributed by atoms with Crippen LogP contribution >= 0.6 is 11.6 Å². The van der Waals surface area contributed by atoms with Gasteiger partial charge in [0.25, 0.3) is 5.91 Å². The molecule has 110 valence electrons. The summed E-state index contributed by atoms with van der Waals surface area (Å²) in [6.45, 7) is 3.06. The lowest BCUT2D eigenvalue weighted by Gasteiger charge is -2.17. The second kappa shape index (κ2) is 7.14. The first-order valence-corrected chi connectivity index (χ1v) is 7.20. The Morgan fingerprint density at radius 1 is 1.19 bits per heavy atom. The molecule has 0 aliphatic carbocycles. The maximum Gasteiger partial charge on any atom is 0.253 e. The minimum absolute atomic E-state index is 0.0296. The van der Waals surface area contributed by atoms with Gasteiger partial charge in [0.15, 0.2) is 0 Å². The standard InChI is InChI=1S/C17H18ClNO2/c1-3-21-16-9-7-14(8-10-16)17(20)19(2)12-13-5-4-6-15(18)11-13/h4-11H,3,12H2,1-2H3. The summed E-state index contributed by atoms with van der Waals surface area (Å²) in [6.07, 6.45) is 0. The van der Waals surface area contributed by atoms with E-state index in [0.29, 0.717) is 23.7 Å². The summed E-state index contributed by atoms with van der Waals surface area (Å²) in [5, 5.41) is 0.675. The zero-order valence-electron chi connectivity index (χ0n) is 12.2. The molecule has 0 bridgehead atoms. The van der Waals surface area contributed by atoms with E-state index in [-0.39, 0.29) is 5.91 Å². The SMILES string of the molecule is CCOc1ccc(C(=O)N(C)Cc2cccc(Cl)c2)cc1. The number of hydrogen-bond donors (Lipinski definition) is 0. The predicted molar refractivity (Wildman–Crippen MR) is 84.9 cm³/mol. The summed E-state index contributed by atoms with van der Waals surface area (Å²) in [5.41, 5.74) is 1.65. The van der Waals surface area contributed by atoms with Crippen LogP contribution in [0.2, 0.25) is 5.02 Å². The Bertz CT molecular complexity index is 610. The zero-order valence-corrected chi connectivity index (χ0v) is 12.9. The second-order valence-corrected chi connectivity index (χ2v) is 5.18. The fraction of sp³-hybridized carbons (Fsp3) is 0.235. The Kier molecular flexibility index (Phi) is 5.23. The Morgan fingerprint density at radius 2 is 1.90 bits per heavy atom. The van der Waals surface area contributed by atoms with Crippen molar-refractivity contribution in [1.29, 1.82) is 0 Å². The van der Waals surface area contributed by atoms with Gasteiger partial charge in [-0.2, -0.15) is 0 Å². The van der Waals surface area contributed by atoms with Crippen LogP contribution in [0.25, 0.3) is 0 Å². The highest BCUT2D eigenvalue weighted by Crippen LogP contribution is 2.16. The summed E-state index contributed by atoms with van der Waals surface area (Å²) in [5.74, 6) is 0.740. The monoisotopic (exact) mass is 303 g/mol. The molecule has 1 amide bonds. The minimum atomic E-state index is -0.0296. The van der Waals surface area contributed by atoms with Gasteiger partial charge in [-0.3, -0.25) is 4.79 Å². The van der Waals surface area contributed by atoms with Gasteiger partial charge in [-0.05, 0) is 48.9 Å². The van der Waals surface area contributed by atoms with Crippen molar-refractivity contribution in [3.63, 3.8) is 0 Å². The molecule has 0 saturated heterocycles. The van der Waals surface area contributed by atoms with Crippen LogP contribution in [-0.4, -0.2) is 24.5 Å². The number of hydrogen-bond acceptors (Lipinski definition) is 2. The molecular weight excluding hydrogens is 286 g/mol. The molecule has 0 saturated carbocycles. The molecule has 2 aromatic rings. The Morgan fingerprint density at radius 3 is 2.52 bits per heavy atom. The maximum atomic E-state index is 12.4. The van der Waals surface area contributed by atoms with Crippen molar-refractivity contribution in [3.8, 4) is 5.75 Å². The largest absolute Gasteiger partial charge is 0.494 e. The van der Waals surface area contributed by atoms with Crippen molar-refractivity contribution in [2.24, 2.45) is 0 Å². The average Bonchev–Trinajstić information content (AvgIpc) is 2.47. The molecule has 4 heteroatoms. The molecule has 0 unspecified atom stereocenters. The lowest BCUT2D eigenvalue weighted by Crippen LogP contribution is -2.26. The van der Waals surface area contributed by atoms with Crippen molar-refractivity contribution >= 4 is 17.5 Å². The van der Waals surface area contributed by atoms with Gasteiger partial charge in [-0.25, -0.2) is 0 Å². The van der Waals surface area contributed by atoms with Crippen molar-refractivity contribution in [3.05, 3.63) is 64.7 Å². The first-order chi connectivity index (χ1) is 10.1. The fourth-order valence-electron chi connectivity index (χ4n) is 2.06. The molecule has 0 heterocycles. The van der Waals surface area contributed by atoms with Crippen LogP contribution in [0.1, 0.15) is 22.8 Å². The van der Waals surface area contributed by atoms with Crippen LogP contribution in [-0.2, 0) is 6.54 Å². The number of halogens is 1. The van der Waals surface area contributed by atoms with E-state index in [4.69, 9.17) is 16.3 Å². The molecule has 3 nitrogen and oxygen atoms in total. The first-order valence-electron chi connectivity index (χ1n) is 6.83. The van der Waals surface area contributed by atoms with Gasteiger partial charge in [0.1, 0.15) is 5.75 Å². The van der Waals surface area contributed by atoms with Crippen LogP contribution in [0.15, 0.2) is 48.5 Å². The minimum Gasteiger partial charge on any atom is -0.494 e. The van der Waals surface area contributed by atoms with E-state index >= 15 is 0 Å². The van der Waals surface area contributed by atoms with Gasteiger partial charge in [-0.15, -0.1) is 0 Å². The third-order valence-corrected chi connectivity index (χ3v) is 3.30. The number of rotatable bonds is 5. The van der Waals surface area contributed by atoms with E-state index in [2.05, 4.69) is 0 Å². The summed E-state index contributed by atoms with van der Waals surface area (Å²) in [7, 11) is 1.78. The van der Waals surface area contributed by atoms with Gasteiger partial charge >= 0.3 is 0 Å². The van der Waals surface area contributed by atoms with E-state index in [1.165, 1.54) is 0 Å². The number of carbonyl (C=O) groups is 1. The normalized spacial score (nSPS) is 10.2. The summed E-state index contributed by atoms with van der Waals surface area (Å²) in [4.78, 5) is 14.0. The summed E-state index contributed by atoms with van der Waals surface area (Å²) >= 11 is 5.95. The van der Waals surface area contributed by atoms with E-state index < -0.39 is 0 Å². The van der Waals surface area contributed by atoms with E-state index in [1.54, 1.807) is 24.1 Å². The Hall–Kier alpha value is -2.00. The number of benzene rings is 2. The quantitative estimate of drug-likeness (QED) is 0.835. The molecule has 0 fully saturated rings. The van der Waals surface area contributed by atoms with E-state index in [9.17, 15) is 4.79 Å². The fourth-order valence-corrected chi connectivity index (χ4v) is 2.27. The molecule has 2 aromatic carbocycles. The van der Waals surface area contributed by atoms with Crippen LogP contribution in [0.3, 0.4) is 0 Å². The van der Waals surface area contributed by atoms with Crippen molar-refractivity contribution in [2.45, 2.75) is 13.5 Å². The van der Waals surface area contributed by atoms with Crippen LogP contribution in [0.4, 0.5) is 0 Å². The number of ether oxygens (including phenoxy) is 1. The Labute approximate surface area is 130 Å². The van der Waals surface area contributed by atoms with Crippen LogP contribution in [0, 0.1) is 0 Å². The molecule has 2 rings (SSSR count). The first kappa shape index (κ1) is 15.4. The van der Waals surface area contributed by atoms with Crippen molar-refractivity contribution in [2.75, 3.05) is 13.7 Å². The lowest BCUT2D eigenvalue weighted by molar-refractivity contribution is 0.0785. The van der Waals surface area contributed by atoms with Gasteiger partial charge in [0, 0.05) is 24.2 Å². The molecular formula is C17H18ClNO2. The zero-order chi connectivity index (χ0) is 15.2. The summed E-state index contributed by atoms with van der Waals surface area (Å²) < 4.78 is 5.37. The third-order valence-electron chi connectivity index (χ3n) is 3.07. The highest BCUT2D eigenvalue weighted by Gasteiger charge is 2.12. The summed E-state index contributed by atoms with van der Waals surface area (Å²) in [6, 6.07) is 14.7. The van der Waals surface area contributed by atoms with Crippen molar-refractivity contribution in [1.82, 2.24) is 4.90 Å². The van der Waals surface area contributed by atoms with E-state index in [0.717, 1.165) is 11.3 Å². The Balaban J connectivity index is 2.04. The highest BCUT2D eigenvalue weighted by atomic mass is 35.5. The van der Waals surface area contributed by atoms with Gasteiger partial charge < -0.3 is 9.64 Å². The van der Waals surface area contributed by atoms with Gasteiger partial charge in [0.2, 0.25) is 0 Å². The second-order valence-electron chi connectivity index (χ2n) is 4.75. The molecule has 0 atom stereocenters. The van der Waals surface area contributed by atoms with Crippen LogP contribution in [0.5, 0.6) is 5.75 Å². The van der Waals surface area contributed by atoms with Gasteiger partial charge in [0.05, 0.1) is 6.61 Å². The van der Waals surface area contributed by atoms with Crippen molar-refractivity contribution < 1.29 is 9.53 Å². The molecule has 0 N–H and O–H groups in total. The topological polar surface area (TPSA) is 29.5 Å². The molecule has 0 aliphatic rings. The maximum absolute atomic E-state index is 12.4. The lowest BCUT2D eigenvalue weighted by atomic mass is 10.1. The third kappa shape index (κ3) is 4.23. The molecule has 0 aromatic heterocycles. The number of carbonyl (C=O) groups excluding carboxylic acids is 1. The average molecular weight is 304 g/mol. The van der Waals surface area contributed by atoms with E-state index in [1.807, 2.05) is 43.3 Å². The number of amides is 1. The highest BCUT2D eigenvalue weighted by molar-refractivity contribution is 6.30. The van der Waals surface area contributed by atoms with Gasteiger partial charge in [-0.1, -0.05) is 23.7 Å². The molecule has 0 spiro atoms. The smallest absolute Gasteiger partial charge is 0.253 e. The molecule has 0 aliphatic heterocycles. The predicted octanol–water partition coefficient (Wildman–Crippen LogP) is 4.01. The van der Waals surface area contributed by atoms with Crippen LogP contribution < -0.4 is 4.74 Å². The molecule has 21 heavy (non-hydrogen) atoms.